The normalized spacial score (nSPS) is 15.4. The second-order valence-electron chi connectivity index (χ2n) is 7.10. The Bertz CT molecular complexity index is 1000. The topological polar surface area (TPSA) is 93.5 Å². The van der Waals surface area contributed by atoms with Crippen LogP contribution in [0.1, 0.15) is 30.1 Å². The zero-order valence-corrected chi connectivity index (χ0v) is 16.6. The number of aromatic amines is 1. The summed E-state index contributed by atoms with van der Waals surface area (Å²) in [5.74, 6) is 2.96. The van der Waals surface area contributed by atoms with Gasteiger partial charge >= 0.3 is 0 Å². The lowest BCUT2D eigenvalue weighted by Gasteiger charge is -2.31. The first kappa shape index (κ1) is 19.2. The third kappa shape index (κ3) is 4.17. The third-order valence-corrected chi connectivity index (χ3v) is 5.30. The van der Waals surface area contributed by atoms with Gasteiger partial charge in [-0.15, -0.1) is 0 Å². The average Bonchev–Trinajstić information content (AvgIpc) is 3.25. The van der Waals surface area contributed by atoms with Crippen molar-refractivity contribution in [1.29, 1.82) is 0 Å². The highest BCUT2D eigenvalue weighted by atomic mass is 16.5. The van der Waals surface area contributed by atoms with Gasteiger partial charge in [0.05, 0.1) is 19.8 Å². The first-order valence-corrected chi connectivity index (χ1v) is 9.63. The molecule has 4 rings (SSSR count). The van der Waals surface area contributed by atoms with Crippen molar-refractivity contribution in [2.75, 3.05) is 27.3 Å². The maximum atomic E-state index is 11.2. The van der Waals surface area contributed by atoms with Gasteiger partial charge < -0.3 is 19.0 Å². The lowest BCUT2D eigenvalue weighted by atomic mass is 9.95. The fourth-order valence-corrected chi connectivity index (χ4v) is 3.73. The first-order chi connectivity index (χ1) is 14.2. The number of nitrogens with one attached hydrogen (secondary N) is 1. The van der Waals surface area contributed by atoms with E-state index in [0.717, 1.165) is 55.4 Å². The number of pyridine rings is 1. The number of para-hydroxylation sites is 1. The van der Waals surface area contributed by atoms with E-state index in [1.54, 1.807) is 26.5 Å². The SMILES string of the molecule is COc1cccc(CN2CCC(c3noc(-c4ccc(=O)[nH]c4)n3)CC2)c1OC. The fourth-order valence-electron chi connectivity index (χ4n) is 3.73. The lowest BCUT2D eigenvalue weighted by molar-refractivity contribution is 0.197. The maximum absolute atomic E-state index is 11.2. The summed E-state index contributed by atoms with van der Waals surface area (Å²) < 4.78 is 16.3. The molecule has 29 heavy (non-hydrogen) atoms. The molecule has 1 fully saturated rings. The Morgan fingerprint density at radius 3 is 2.69 bits per heavy atom. The number of likely N-dealkylation sites (tertiary alicyclic amines) is 1. The molecule has 152 valence electrons. The highest BCUT2D eigenvalue weighted by molar-refractivity contribution is 5.50. The summed E-state index contributed by atoms with van der Waals surface area (Å²) in [6.07, 6.45) is 3.50. The molecule has 0 spiro atoms. The van der Waals surface area contributed by atoms with Gasteiger partial charge in [-0.2, -0.15) is 4.98 Å². The van der Waals surface area contributed by atoms with Crippen molar-refractivity contribution in [1.82, 2.24) is 20.0 Å². The van der Waals surface area contributed by atoms with E-state index in [-0.39, 0.29) is 11.5 Å². The van der Waals surface area contributed by atoms with E-state index in [2.05, 4.69) is 26.1 Å². The third-order valence-electron chi connectivity index (χ3n) is 5.30. The van der Waals surface area contributed by atoms with E-state index in [0.29, 0.717) is 11.5 Å². The molecule has 3 heterocycles. The van der Waals surface area contributed by atoms with Gasteiger partial charge in [0, 0.05) is 30.3 Å². The first-order valence-electron chi connectivity index (χ1n) is 9.63. The molecule has 0 aliphatic carbocycles. The lowest BCUT2D eigenvalue weighted by Crippen LogP contribution is -2.32. The van der Waals surface area contributed by atoms with Crippen molar-refractivity contribution in [2.24, 2.45) is 0 Å². The molecule has 0 atom stereocenters. The predicted molar refractivity (Wildman–Crippen MR) is 107 cm³/mol. The summed E-state index contributed by atoms with van der Waals surface area (Å²) in [6, 6.07) is 9.10. The van der Waals surface area contributed by atoms with E-state index in [4.69, 9.17) is 14.0 Å². The number of H-pyrrole nitrogens is 1. The minimum atomic E-state index is -0.159. The Morgan fingerprint density at radius 1 is 1.17 bits per heavy atom. The molecule has 8 nitrogen and oxygen atoms in total. The van der Waals surface area contributed by atoms with Gasteiger partial charge in [0.2, 0.25) is 5.56 Å². The molecule has 1 saturated heterocycles. The average molecular weight is 396 g/mol. The summed E-state index contributed by atoms with van der Waals surface area (Å²) in [6.45, 7) is 2.68. The monoisotopic (exact) mass is 396 g/mol. The van der Waals surface area contributed by atoms with Crippen molar-refractivity contribution < 1.29 is 14.0 Å². The number of aromatic nitrogens is 3. The molecule has 0 saturated carbocycles. The summed E-state index contributed by atoms with van der Waals surface area (Å²) in [7, 11) is 3.32. The molecule has 3 aromatic rings. The van der Waals surface area contributed by atoms with Crippen LogP contribution in [0.25, 0.3) is 11.5 Å². The number of ether oxygens (including phenoxy) is 2. The highest BCUT2D eigenvalue weighted by Crippen LogP contribution is 2.33. The smallest absolute Gasteiger partial charge is 0.259 e. The quantitative estimate of drug-likeness (QED) is 0.685. The van der Waals surface area contributed by atoms with Crippen LogP contribution in [-0.4, -0.2) is 47.3 Å². The Kier molecular flexibility index (Phi) is 5.62. The Hall–Kier alpha value is -3.13. The van der Waals surface area contributed by atoms with E-state index in [9.17, 15) is 4.79 Å². The van der Waals surface area contributed by atoms with Crippen molar-refractivity contribution >= 4 is 0 Å². The van der Waals surface area contributed by atoms with E-state index < -0.39 is 0 Å². The van der Waals surface area contributed by atoms with Crippen molar-refractivity contribution in [3.8, 4) is 23.0 Å². The van der Waals surface area contributed by atoms with Gasteiger partial charge in [-0.05, 0) is 38.1 Å². The zero-order valence-electron chi connectivity index (χ0n) is 16.6. The molecule has 1 N–H and O–H groups in total. The van der Waals surface area contributed by atoms with Gasteiger partial charge in [0.25, 0.3) is 5.89 Å². The Labute approximate surface area is 168 Å². The number of rotatable bonds is 6. The van der Waals surface area contributed by atoms with E-state index in [1.165, 1.54) is 6.07 Å². The molecule has 0 radical (unpaired) electrons. The Morgan fingerprint density at radius 2 is 2.00 bits per heavy atom. The van der Waals surface area contributed by atoms with Crippen LogP contribution >= 0.6 is 0 Å². The maximum Gasteiger partial charge on any atom is 0.259 e. The van der Waals surface area contributed by atoms with Gasteiger partial charge in [-0.3, -0.25) is 9.69 Å². The highest BCUT2D eigenvalue weighted by Gasteiger charge is 2.25. The van der Waals surface area contributed by atoms with Crippen LogP contribution in [0.3, 0.4) is 0 Å². The van der Waals surface area contributed by atoms with Crippen LogP contribution in [0.4, 0.5) is 0 Å². The second kappa shape index (κ2) is 8.48. The largest absolute Gasteiger partial charge is 0.493 e. The van der Waals surface area contributed by atoms with Crippen molar-refractivity contribution in [3.05, 3.63) is 58.3 Å². The number of nitrogens with zero attached hydrogens (tertiary/aromatic N) is 3. The zero-order chi connectivity index (χ0) is 20.2. The summed E-state index contributed by atoms with van der Waals surface area (Å²) in [5, 5.41) is 4.16. The second-order valence-corrected chi connectivity index (χ2v) is 7.10. The number of hydrogen-bond acceptors (Lipinski definition) is 7. The van der Waals surface area contributed by atoms with Crippen molar-refractivity contribution in [2.45, 2.75) is 25.3 Å². The molecular formula is C21H24N4O4. The molecule has 1 aromatic carbocycles. The van der Waals surface area contributed by atoms with Crippen LogP contribution in [-0.2, 0) is 6.54 Å². The van der Waals surface area contributed by atoms with E-state index in [1.807, 2.05) is 12.1 Å². The van der Waals surface area contributed by atoms with Gasteiger partial charge in [0.1, 0.15) is 0 Å². The molecule has 1 aliphatic rings. The van der Waals surface area contributed by atoms with Crippen LogP contribution in [0.5, 0.6) is 11.5 Å². The number of benzene rings is 1. The predicted octanol–water partition coefficient (Wildman–Crippen LogP) is 2.82. The molecule has 0 amide bonds. The molecule has 1 aliphatic heterocycles. The van der Waals surface area contributed by atoms with Crippen molar-refractivity contribution in [3.63, 3.8) is 0 Å². The minimum absolute atomic E-state index is 0.159. The standard InChI is InChI=1S/C21H24N4O4/c1-27-17-5-3-4-16(19(17)28-2)13-25-10-8-14(9-11-25)20-23-21(29-24-20)15-6-7-18(26)22-12-15/h3-7,12,14H,8-11,13H2,1-2H3,(H,22,26). The van der Waals surface area contributed by atoms with E-state index >= 15 is 0 Å². The minimum Gasteiger partial charge on any atom is -0.493 e. The van der Waals surface area contributed by atoms with Gasteiger partial charge in [0.15, 0.2) is 17.3 Å². The van der Waals surface area contributed by atoms with Crippen LogP contribution in [0.2, 0.25) is 0 Å². The number of methoxy groups -OCH3 is 2. The molecular weight excluding hydrogens is 372 g/mol. The molecule has 8 heteroatoms. The van der Waals surface area contributed by atoms with Crippen LogP contribution in [0, 0.1) is 0 Å². The summed E-state index contributed by atoms with van der Waals surface area (Å²) in [4.78, 5) is 20.8. The van der Waals surface area contributed by atoms with Gasteiger partial charge in [-0.1, -0.05) is 17.3 Å². The van der Waals surface area contributed by atoms with Crippen LogP contribution < -0.4 is 15.0 Å². The van der Waals surface area contributed by atoms with Gasteiger partial charge in [-0.25, -0.2) is 0 Å². The fraction of sp³-hybridized carbons (Fsp3) is 0.381. The van der Waals surface area contributed by atoms with Crippen LogP contribution in [0.15, 0.2) is 45.8 Å². The molecule has 0 unspecified atom stereocenters. The number of hydrogen-bond donors (Lipinski definition) is 1. The number of piperidine rings is 1. The molecule has 0 bridgehead atoms. The summed E-state index contributed by atoms with van der Waals surface area (Å²) in [5.41, 5.74) is 1.67. The Balaban J connectivity index is 1.39. The summed E-state index contributed by atoms with van der Waals surface area (Å²) >= 11 is 0. The molecule has 2 aromatic heterocycles.